The van der Waals surface area contributed by atoms with E-state index < -0.39 is 20.3 Å². The van der Waals surface area contributed by atoms with Crippen molar-refractivity contribution in [2.24, 2.45) is 0 Å². The summed E-state index contributed by atoms with van der Waals surface area (Å²) < 4.78 is 11.1. The Kier molecular flexibility index (Phi) is 5.78. The van der Waals surface area contributed by atoms with Gasteiger partial charge in [-0.05, 0) is 0 Å². The molecule has 0 spiro atoms. The fraction of sp³-hybridized carbons (Fsp3) is 0.125. The molecule has 2 aliphatic carbocycles. The van der Waals surface area contributed by atoms with Gasteiger partial charge in [-0.3, -0.25) is 0 Å². The number of allylic oxidation sites excluding steroid dienone is 2. The molecule has 36 heavy (non-hydrogen) atoms. The summed E-state index contributed by atoms with van der Waals surface area (Å²) in [7, 11) is 0. The Bertz CT molecular complexity index is 1480. The van der Waals surface area contributed by atoms with Crippen LogP contribution in [0.15, 0.2) is 110 Å². The third-order valence-electron chi connectivity index (χ3n) is 8.12. The van der Waals surface area contributed by atoms with Crippen molar-refractivity contribution in [2.75, 3.05) is 0 Å². The SMILES string of the molecule is [CH3][Zr]1([CH3])[C]2=Cc3c(ccc(Br)c3C2c2ccccc2)Sc2ccc(Br)c3c2C=[C]1C3c1ccccc1. The molecule has 0 saturated heterocycles. The van der Waals surface area contributed by atoms with Crippen molar-refractivity contribution in [2.45, 2.75) is 30.9 Å². The topological polar surface area (TPSA) is 0 Å². The molecule has 4 aromatic rings. The molecular weight excluding hydrogens is 667 g/mol. The van der Waals surface area contributed by atoms with Crippen molar-refractivity contribution in [3.05, 3.63) is 134 Å². The molecule has 0 saturated carbocycles. The van der Waals surface area contributed by atoms with Gasteiger partial charge in [-0.1, -0.05) is 0 Å². The average Bonchev–Trinajstić information content (AvgIpc) is 3.50. The number of hydrogen-bond donors (Lipinski definition) is 0. The number of hydrogen-bond acceptors (Lipinski definition) is 1. The van der Waals surface area contributed by atoms with Crippen LogP contribution in [0.5, 0.6) is 0 Å². The minimum absolute atomic E-state index is 0.305. The van der Waals surface area contributed by atoms with Crippen molar-refractivity contribution in [3.63, 3.8) is 0 Å². The van der Waals surface area contributed by atoms with Crippen molar-refractivity contribution in [1.29, 1.82) is 0 Å². The molecule has 2 unspecified atom stereocenters. The van der Waals surface area contributed by atoms with Gasteiger partial charge in [0.1, 0.15) is 0 Å². The van der Waals surface area contributed by atoms with Gasteiger partial charge in [0.15, 0.2) is 0 Å². The van der Waals surface area contributed by atoms with Crippen LogP contribution in [-0.4, -0.2) is 0 Å². The maximum absolute atomic E-state index is 3.98. The van der Waals surface area contributed by atoms with Crippen molar-refractivity contribution >= 4 is 55.8 Å². The number of rotatable bonds is 2. The Hall–Kier alpha value is -1.45. The number of halogens is 2. The summed E-state index contributed by atoms with van der Waals surface area (Å²) in [6.07, 6.45) is 5.19. The molecule has 0 N–H and O–H groups in total. The fourth-order valence-electron chi connectivity index (χ4n) is 6.38. The van der Waals surface area contributed by atoms with Crippen LogP contribution < -0.4 is 0 Å². The minimum atomic E-state index is -3.09. The van der Waals surface area contributed by atoms with Gasteiger partial charge in [-0.15, -0.1) is 0 Å². The second-order valence-corrected chi connectivity index (χ2v) is 24.0. The Morgan fingerprint density at radius 1 is 0.583 bits per heavy atom. The second-order valence-electron chi connectivity index (χ2n) is 10.4. The molecule has 3 aliphatic rings. The van der Waals surface area contributed by atoms with Gasteiger partial charge in [0.05, 0.1) is 0 Å². The quantitative estimate of drug-likeness (QED) is 0.202. The second kappa shape index (κ2) is 8.80. The van der Waals surface area contributed by atoms with Gasteiger partial charge in [-0.2, -0.15) is 0 Å². The predicted molar refractivity (Wildman–Crippen MR) is 157 cm³/mol. The normalized spacial score (nSPS) is 20.7. The van der Waals surface area contributed by atoms with Crippen LogP contribution in [0.25, 0.3) is 12.2 Å². The fourth-order valence-corrected chi connectivity index (χ4v) is 17.0. The van der Waals surface area contributed by atoms with E-state index in [4.69, 9.17) is 0 Å². The summed E-state index contributed by atoms with van der Waals surface area (Å²) in [6, 6.07) is 31.5. The zero-order valence-electron chi connectivity index (χ0n) is 20.1. The van der Waals surface area contributed by atoms with Crippen molar-refractivity contribution < 1.29 is 20.3 Å². The first kappa shape index (κ1) is 23.7. The Morgan fingerprint density at radius 2 is 1.00 bits per heavy atom. The van der Waals surface area contributed by atoms with Crippen molar-refractivity contribution in [3.8, 4) is 0 Å². The number of benzene rings is 4. The summed E-state index contributed by atoms with van der Waals surface area (Å²) in [5.41, 5.74) is 8.53. The Morgan fingerprint density at radius 3 is 1.42 bits per heavy atom. The van der Waals surface area contributed by atoms with E-state index in [9.17, 15) is 0 Å². The molecular formula is C32H24Br2SZr. The summed E-state index contributed by atoms with van der Waals surface area (Å²) in [6.45, 7) is 0. The summed E-state index contributed by atoms with van der Waals surface area (Å²) >= 11 is 6.80. The van der Waals surface area contributed by atoms with Gasteiger partial charge >= 0.3 is 241 Å². The Balaban J connectivity index is 1.55. The van der Waals surface area contributed by atoms with E-state index in [2.05, 4.69) is 138 Å². The maximum atomic E-state index is 3.98. The zero-order valence-corrected chi connectivity index (χ0v) is 26.5. The van der Waals surface area contributed by atoms with Gasteiger partial charge < -0.3 is 0 Å². The average molecular weight is 692 g/mol. The van der Waals surface area contributed by atoms with E-state index in [1.54, 1.807) is 6.56 Å². The molecule has 4 aromatic carbocycles. The van der Waals surface area contributed by atoms with Crippen LogP contribution in [-0.2, 0) is 20.3 Å². The molecule has 2 atom stereocenters. The van der Waals surface area contributed by atoms with Crippen LogP contribution in [0.4, 0.5) is 0 Å². The van der Waals surface area contributed by atoms with E-state index in [0.717, 1.165) is 0 Å². The van der Waals surface area contributed by atoms with Gasteiger partial charge in [0, 0.05) is 0 Å². The molecule has 0 fully saturated rings. The van der Waals surface area contributed by atoms with Gasteiger partial charge in [0.2, 0.25) is 0 Å². The molecule has 0 aromatic heterocycles. The molecule has 7 rings (SSSR count). The van der Waals surface area contributed by atoms with E-state index in [0.29, 0.717) is 11.8 Å². The van der Waals surface area contributed by atoms with E-state index in [1.165, 1.54) is 52.1 Å². The van der Waals surface area contributed by atoms with Crippen LogP contribution in [0.2, 0.25) is 9.26 Å². The standard InChI is InChI=1S/C30H18Br2S.2CH3.Zr/c31-25-15-17-27(23-13-11-21(29(23)25)19-7-3-1-4-8-19)33-28-18-16-26(32)30-22(12-14-24(28)30)20-9-5-2-6-10-20;;;/h1-10,13-18,21-22H;2*1H3;. The summed E-state index contributed by atoms with van der Waals surface area (Å²) in [4.78, 5) is 2.71. The van der Waals surface area contributed by atoms with Crippen LogP contribution in [0, 0.1) is 0 Å². The van der Waals surface area contributed by atoms with Crippen LogP contribution in [0.1, 0.15) is 45.2 Å². The molecule has 1 aliphatic heterocycles. The van der Waals surface area contributed by atoms with E-state index in [1.807, 2.05) is 11.8 Å². The summed E-state index contributed by atoms with van der Waals surface area (Å²) in [5.74, 6) is 0.610. The summed E-state index contributed by atoms with van der Waals surface area (Å²) in [5, 5.41) is 0. The molecule has 176 valence electrons. The third kappa shape index (κ3) is 3.48. The van der Waals surface area contributed by atoms with Crippen LogP contribution >= 0.6 is 43.6 Å². The first-order valence-electron chi connectivity index (χ1n) is 12.3. The van der Waals surface area contributed by atoms with Gasteiger partial charge in [0.25, 0.3) is 0 Å². The Labute approximate surface area is 238 Å². The molecule has 4 bridgehead atoms. The van der Waals surface area contributed by atoms with E-state index in [-0.39, 0.29) is 0 Å². The van der Waals surface area contributed by atoms with Crippen molar-refractivity contribution in [1.82, 2.24) is 0 Å². The van der Waals surface area contributed by atoms with Crippen LogP contribution in [0.3, 0.4) is 0 Å². The monoisotopic (exact) mass is 688 g/mol. The first-order chi connectivity index (χ1) is 17.4. The third-order valence-corrected chi connectivity index (χ3v) is 19.9. The molecule has 1 heterocycles. The predicted octanol–water partition coefficient (Wildman–Crippen LogP) is 10.6. The molecule has 0 nitrogen and oxygen atoms in total. The first-order valence-corrected chi connectivity index (χ1v) is 22.1. The zero-order chi connectivity index (χ0) is 24.6. The molecule has 4 heteroatoms. The van der Waals surface area contributed by atoms with Gasteiger partial charge in [-0.25, -0.2) is 0 Å². The molecule has 0 radical (unpaired) electrons. The van der Waals surface area contributed by atoms with E-state index >= 15 is 0 Å². The molecule has 0 amide bonds.